The van der Waals surface area contributed by atoms with Gasteiger partial charge in [-0.1, -0.05) is 6.42 Å². The molecule has 0 saturated heterocycles. The van der Waals surface area contributed by atoms with Crippen molar-refractivity contribution >= 4 is 21.7 Å². The fourth-order valence-electron chi connectivity index (χ4n) is 2.56. The second-order valence-corrected chi connectivity index (χ2v) is 8.07. The van der Waals surface area contributed by atoms with Gasteiger partial charge in [-0.05, 0) is 36.6 Å². The summed E-state index contributed by atoms with van der Waals surface area (Å²) in [6.45, 7) is -0.402. The zero-order chi connectivity index (χ0) is 19.0. The Labute approximate surface area is 141 Å². The van der Waals surface area contributed by atoms with Crippen LogP contribution in [-0.2, 0) is 32.1 Å². The van der Waals surface area contributed by atoms with Crippen molar-refractivity contribution in [1.82, 2.24) is 5.32 Å². The molecule has 1 aliphatic rings. The largest absolute Gasteiger partial charge is 0.480 e. The number of aliphatic carboxylic acids is 1. The van der Waals surface area contributed by atoms with E-state index in [1.54, 1.807) is 0 Å². The van der Waals surface area contributed by atoms with Crippen molar-refractivity contribution in [3.05, 3.63) is 29.3 Å². The fraction of sp³-hybridized carbons (Fsp3) is 0.467. The van der Waals surface area contributed by atoms with E-state index in [4.69, 9.17) is 5.11 Å². The maximum absolute atomic E-state index is 12.9. The number of hydrogen-bond donors (Lipinski definition) is 2. The summed E-state index contributed by atoms with van der Waals surface area (Å²) in [4.78, 5) is 22.8. The van der Waals surface area contributed by atoms with Gasteiger partial charge in [0, 0.05) is 12.8 Å². The summed E-state index contributed by atoms with van der Waals surface area (Å²) in [5.41, 5.74) is -2.79. The van der Waals surface area contributed by atoms with Gasteiger partial charge in [-0.25, -0.2) is 8.42 Å². The van der Waals surface area contributed by atoms with E-state index in [9.17, 15) is 31.2 Å². The molecule has 1 fully saturated rings. The van der Waals surface area contributed by atoms with Gasteiger partial charge in [0.2, 0.25) is 5.91 Å². The summed E-state index contributed by atoms with van der Waals surface area (Å²) < 4.78 is 61.9. The van der Waals surface area contributed by atoms with Gasteiger partial charge in [-0.2, -0.15) is 13.2 Å². The lowest BCUT2D eigenvalue weighted by molar-refractivity contribution is -0.162. The first-order valence-electron chi connectivity index (χ1n) is 7.29. The van der Waals surface area contributed by atoms with Crippen LogP contribution in [0.5, 0.6) is 0 Å². The molecule has 0 spiro atoms. The second-order valence-electron chi connectivity index (χ2n) is 6.06. The molecule has 1 aliphatic carbocycles. The Morgan fingerprint density at radius 3 is 2.24 bits per heavy atom. The second kappa shape index (κ2) is 6.32. The Hall–Kier alpha value is -2.10. The van der Waals surface area contributed by atoms with Gasteiger partial charge in [-0.3, -0.25) is 9.59 Å². The first-order valence-corrected chi connectivity index (χ1v) is 9.18. The van der Waals surface area contributed by atoms with Crippen LogP contribution in [-0.4, -0.2) is 31.7 Å². The van der Waals surface area contributed by atoms with E-state index >= 15 is 0 Å². The topological polar surface area (TPSA) is 101 Å². The molecule has 6 nitrogen and oxygen atoms in total. The van der Waals surface area contributed by atoms with E-state index in [1.165, 1.54) is 0 Å². The number of amides is 1. The molecule has 2 N–H and O–H groups in total. The van der Waals surface area contributed by atoms with Crippen molar-refractivity contribution in [1.29, 1.82) is 0 Å². The molecule has 138 valence electrons. The molecule has 0 atom stereocenters. The third-order valence-corrected chi connectivity index (χ3v) is 5.32. The van der Waals surface area contributed by atoms with E-state index in [0.717, 1.165) is 18.4 Å². The normalized spacial score (nSPS) is 16.8. The van der Waals surface area contributed by atoms with E-state index in [0.29, 0.717) is 12.5 Å². The summed E-state index contributed by atoms with van der Waals surface area (Å²) >= 11 is 0. The minimum Gasteiger partial charge on any atom is -0.480 e. The summed E-state index contributed by atoms with van der Waals surface area (Å²) in [6.07, 6.45) is -3.09. The van der Waals surface area contributed by atoms with Crippen molar-refractivity contribution in [3.63, 3.8) is 0 Å². The van der Waals surface area contributed by atoms with Crippen LogP contribution in [0.1, 0.15) is 30.4 Å². The van der Waals surface area contributed by atoms with Crippen LogP contribution in [0.3, 0.4) is 0 Å². The van der Waals surface area contributed by atoms with Crippen molar-refractivity contribution in [2.45, 2.75) is 36.9 Å². The van der Waals surface area contributed by atoms with E-state index in [-0.39, 0.29) is 18.4 Å². The number of carbonyl (C=O) groups is 2. The number of sulfone groups is 1. The Morgan fingerprint density at radius 2 is 1.84 bits per heavy atom. The number of rotatable bonds is 5. The third-order valence-electron chi connectivity index (χ3n) is 4.23. The predicted octanol–water partition coefficient (Wildman–Crippen LogP) is 1.98. The van der Waals surface area contributed by atoms with Crippen molar-refractivity contribution < 1.29 is 36.3 Å². The third kappa shape index (κ3) is 3.94. The first kappa shape index (κ1) is 19.2. The number of hydrogen-bond acceptors (Lipinski definition) is 4. The molecule has 0 heterocycles. The van der Waals surface area contributed by atoms with Crippen molar-refractivity contribution in [2.24, 2.45) is 5.41 Å². The van der Waals surface area contributed by atoms with Crippen LogP contribution in [0.15, 0.2) is 23.1 Å². The number of carbonyl (C=O) groups excluding carboxylic acids is 1. The average Bonchev–Trinajstić information content (AvgIpc) is 2.41. The molecule has 2 rings (SSSR count). The first-order chi connectivity index (χ1) is 11.4. The van der Waals surface area contributed by atoms with Crippen LogP contribution in [0, 0.1) is 5.41 Å². The number of benzene rings is 1. The standard InChI is InChI=1S/C15H16F3NO5S/c1-25(23,24)11-6-9(5-10(7-11)15(16,17)18)8-19-12(20)14(13(21)22)3-2-4-14/h5-7H,2-4,8H2,1H3,(H,19,20)(H,21,22). The van der Waals surface area contributed by atoms with Crippen LogP contribution >= 0.6 is 0 Å². The lowest BCUT2D eigenvalue weighted by atomic mass is 9.68. The van der Waals surface area contributed by atoms with Crippen LogP contribution < -0.4 is 5.32 Å². The van der Waals surface area contributed by atoms with E-state index < -0.39 is 50.3 Å². The minimum atomic E-state index is -4.75. The molecule has 25 heavy (non-hydrogen) atoms. The Bertz CT molecular complexity index is 813. The maximum Gasteiger partial charge on any atom is 0.416 e. The zero-order valence-electron chi connectivity index (χ0n) is 13.2. The number of nitrogens with one attached hydrogen (secondary N) is 1. The number of halogens is 3. The van der Waals surface area contributed by atoms with Crippen LogP contribution in [0.2, 0.25) is 0 Å². The van der Waals surface area contributed by atoms with Crippen molar-refractivity contribution in [2.75, 3.05) is 6.26 Å². The number of carboxylic acid groups (broad SMARTS) is 1. The van der Waals surface area contributed by atoms with Gasteiger partial charge in [0.1, 0.15) is 5.41 Å². The highest BCUT2D eigenvalue weighted by Gasteiger charge is 2.51. The van der Waals surface area contributed by atoms with Gasteiger partial charge in [-0.15, -0.1) is 0 Å². The predicted molar refractivity (Wildman–Crippen MR) is 80.3 cm³/mol. The average molecular weight is 379 g/mol. The van der Waals surface area contributed by atoms with Gasteiger partial charge in [0.05, 0.1) is 10.5 Å². The van der Waals surface area contributed by atoms with Crippen LogP contribution in [0.4, 0.5) is 13.2 Å². The number of carboxylic acids is 1. The fourth-order valence-corrected chi connectivity index (χ4v) is 3.27. The van der Waals surface area contributed by atoms with Gasteiger partial charge in [0.25, 0.3) is 0 Å². The molecule has 0 unspecified atom stereocenters. The Balaban J connectivity index is 2.27. The Morgan fingerprint density at radius 1 is 1.24 bits per heavy atom. The zero-order valence-corrected chi connectivity index (χ0v) is 14.0. The molecular formula is C15H16F3NO5S. The van der Waals surface area contributed by atoms with Gasteiger partial charge >= 0.3 is 12.1 Å². The summed E-state index contributed by atoms with van der Waals surface area (Å²) in [6, 6.07) is 2.27. The summed E-state index contributed by atoms with van der Waals surface area (Å²) in [5, 5.41) is 11.5. The molecule has 1 aromatic carbocycles. The smallest absolute Gasteiger partial charge is 0.416 e. The molecule has 0 aliphatic heterocycles. The lowest BCUT2D eigenvalue weighted by Crippen LogP contribution is -2.50. The number of alkyl halides is 3. The maximum atomic E-state index is 12.9. The van der Waals surface area contributed by atoms with E-state index in [1.807, 2.05) is 0 Å². The summed E-state index contributed by atoms with van der Waals surface area (Å²) in [7, 11) is -3.89. The molecular weight excluding hydrogens is 363 g/mol. The van der Waals surface area contributed by atoms with Crippen LogP contribution in [0.25, 0.3) is 0 Å². The van der Waals surface area contributed by atoms with E-state index in [2.05, 4.69) is 5.32 Å². The van der Waals surface area contributed by atoms with Gasteiger partial charge in [0.15, 0.2) is 9.84 Å². The minimum absolute atomic E-state index is 0.0801. The molecule has 0 radical (unpaired) electrons. The highest BCUT2D eigenvalue weighted by molar-refractivity contribution is 7.90. The monoisotopic (exact) mass is 379 g/mol. The SMILES string of the molecule is CS(=O)(=O)c1cc(CNC(=O)C2(C(=O)O)CCC2)cc(C(F)(F)F)c1. The molecule has 1 amide bonds. The molecule has 1 aromatic rings. The summed E-state index contributed by atoms with van der Waals surface area (Å²) in [5.74, 6) is -2.07. The van der Waals surface area contributed by atoms with Crippen molar-refractivity contribution in [3.8, 4) is 0 Å². The molecule has 0 bridgehead atoms. The highest BCUT2D eigenvalue weighted by Crippen LogP contribution is 2.41. The lowest BCUT2D eigenvalue weighted by Gasteiger charge is -2.35. The van der Waals surface area contributed by atoms with Gasteiger partial charge < -0.3 is 10.4 Å². The quantitative estimate of drug-likeness (QED) is 0.762. The molecule has 10 heteroatoms. The molecule has 1 saturated carbocycles. The Kier molecular flexibility index (Phi) is 4.86. The highest BCUT2D eigenvalue weighted by atomic mass is 32.2. The molecule has 0 aromatic heterocycles.